The van der Waals surface area contributed by atoms with Gasteiger partial charge in [-0.3, -0.25) is 14.5 Å². The van der Waals surface area contributed by atoms with E-state index >= 15 is 0 Å². The molecule has 1 aromatic heterocycles. The Labute approximate surface area is 225 Å². The molecule has 0 spiro atoms. The van der Waals surface area contributed by atoms with Gasteiger partial charge in [0.1, 0.15) is 5.00 Å². The van der Waals surface area contributed by atoms with Crippen LogP contribution in [0.15, 0.2) is 84.9 Å². The molecule has 1 N–H and O–H groups in total. The molecule has 4 aromatic rings. The van der Waals surface area contributed by atoms with Crippen LogP contribution in [0.4, 0.5) is 5.00 Å². The number of nitrogens with one attached hydrogen (secondary N) is 1. The highest BCUT2D eigenvalue weighted by molar-refractivity contribution is 7.17. The van der Waals surface area contributed by atoms with Crippen LogP contribution in [0.3, 0.4) is 0 Å². The zero-order valence-electron chi connectivity index (χ0n) is 21.1. The first kappa shape index (κ1) is 25.6. The van der Waals surface area contributed by atoms with Gasteiger partial charge >= 0.3 is 5.97 Å². The second-order valence-corrected chi connectivity index (χ2v) is 10.2. The molecule has 0 bridgehead atoms. The van der Waals surface area contributed by atoms with E-state index in [4.69, 9.17) is 4.74 Å². The topological polar surface area (TPSA) is 75.7 Å². The molecule has 38 heavy (non-hydrogen) atoms. The van der Waals surface area contributed by atoms with Gasteiger partial charge in [0.05, 0.1) is 12.2 Å². The van der Waals surface area contributed by atoms with Crippen molar-refractivity contribution >= 4 is 34.0 Å². The average Bonchev–Trinajstić information content (AvgIpc) is 3.31. The second kappa shape index (κ2) is 11.5. The molecular formula is C31H28N2O4S. The lowest BCUT2D eigenvalue weighted by Gasteiger charge is -2.27. The number of thiophene rings is 1. The third-order valence-corrected chi connectivity index (χ3v) is 7.67. The van der Waals surface area contributed by atoms with Crippen molar-refractivity contribution in [3.63, 3.8) is 0 Å². The molecule has 192 valence electrons. The third kappa shape index (κ3) is 5.59. The number of hydrogen-bond acceptors (Lipinski definition) is 6. The van der Waals surface area contributed by atoms with Crippen LogP contribution < -0.4 is 5.32 Å². The van der Waals surface area contributed by atoms with Crippen molar-refractivity contribution in [2.45, 2.75) is 26.4 Å². The molecule has 1 aliphatic heterocycles. The Morgan fingerprint density at radius 2 is 1.50 bits per heavy atom. The van der Waals surface area contributed by atoms with E-state index in [9.17, 15) is 14.4 Å². The smallest absolute Gasteiger partial charge is 0.341 e. The van der Waals surface area contributed by atoms with Gasteiger partial charge < -0.3 is 10.1 Å². The monoisotopic (exact) mass is 524 g/mol. The molecule has 5 rings (SSSR count). The molecule has 0 aliphatic carbocycles. The van der Waals surface area contributed by atoms with E-state index in [1.165, 1.54) is 16.9 Å². The summed E-state index contributed by atoms with van der Waals surface area (Å²) in [5.41, 5.74) is 4.15. The molecule has 0 unspecified atom stereocenters. The van der Waals surface area contributed by atoms with E-state index in [1.54, 1.807) is 43.3 Å². The summed E-state index contributed by atoms with van der Waals surface area (Å²) < 4.78 is 5.35. The van der Waals surface area contributed by atoms with E-state index in [1.807, 2.05) is 36.4 Å². The van der Waals surface area contributed by atoms with E-state index in [-0.39, 0.29) is 18.3 Å². The van der Waals surface area contributed by atoms with Crippen LogP contribution in [0.5, 0.6) is 0 Å². The zero-order valence-corrected chi connectivity index (χ0v) is 21.9. The van der Waals surface area contributed by atoms with Gasteiger partial charge in [0.2, 0.25) is 0 Å². The quantitative estimate of drug-likeness (QED) is 0.227. The van der Waals surface area contributed by atoms with Crippen molar-refractivity contribution in [3.8, 4) is 0 Å². The Morgan fingerprint density at radius 3 is 2.18 bits per heavy atom. The molecule has 0 saturated carbocycles. The highest BCUT2D eigenvalue weighted by Crippen LogP contribution is 2.38. The van der Waals surface area contributed by atoms with E-state index in [0.717, 1.165) is 23.5 Å². The molecule has 7 heteroatoms. The number of ether oxygens (including phenoxy) is 1. The van der Waals surface area contributed by atoms with Gasteiger partial charge in [0, 0.05) is 41.2 Å². The maximum atomic E-state index is 13.2. The molecule has 0 radical (unpaired) electrons. The maximum absolute atomic E-state index is 13.2. The minimum Gasteiger partial charge on any atom is -0.462 e. The number of carbonyl (C=O) groups is 3. The average molecular weight is 525 g/mol. The van der Waals surface area contributed by atoms with Gasteiger partial charge in [0.15, 0.2) is 5.78 Å². The number of hydrogen-bond donors (Lipinski definition) is 1. The molecule has 3 aromatic carbocycles. The molecular weight excluding hydrogens is 496 g/mol. The number of benzene rings is 3. The van der Waals surface area contributed by atoms with E-state index in [0.29, 0.717) is 40.2 Å². The summed E-state index contributed by atoms with van der Waals surface area (Å²) in [6.07, 6.45) is 0.707. The highest BCUT2D eigenvalue weighted by atomic mass is 32.1. The van der Waals surface area contributed by atoms with Crippen molar-refractivity contribution < 1.29 is 19.1 Å². The summed E-state index contributed by atoms with van der Waals surface area (Å²) in [5, 5.41) is 3.45. The van der Waals surface area contributed by atoms with Crippen molar-refractivity contribution in [2.75, 3.05) is 18.5 Å². The largest absolute Gasteiger partial charge is 0.462 e. The summed E-state index contributed by atoms with van der Waals surface area (Å²) in [4.78, 5) is 42.2. The second-order valence-electron chi connectivity index (χ2n) is 9.10. The number of nitrogens with zero attached hydrogens (tertiary/aromatic N) is 1. The van der Waals surface area contributed by atoms with Gasteiger partial charge in [-0.05, 0) is 36.6 Å². The van der Waals surface area contributed by atoms with Gasteiger partial charge in [-0.1, -0.05) is 72.8 Å². The fourth-order valence-electron chi connectivity index (χ4n) is 4.64. The number of rotatable bonds is 8. The van der Waals surface area contributed by atoms with Gasteiger partial charge in [-0.2, -0.15) is 0 Å². The summed E-state index contributed by atoms with van der Waals surface area (Å²) in [6.45, 7) is 4.37. The first-order chi connectivity index (χ1) is 18.5. The van der Waals surface area contributed by atoms with Crippen LogP contribution >= 0.6 is 11.3 Å². The molecule has 6 nitrogen and oxygen atoms in total. The van der Waals surface area contributed by atoms with E-state index in [2.05, 4.69) is 22.3 Å². The minimum absolute atomic E-state index is 0.104. The van der Waals surface area contributed by atoms with Gasteiger partial charge in [-0.15, -0.1) is 11.3 Å². The van der Waals surface area contributed by atoms with Gasteiger partial charge in [-0.25, -0.2) is 4.79 Å². The fourth-order valence-corrected chi connectivity index (χ4v) is 5.92. The third-order valence-electron chi connectivity index (χ3n) is 6.54. The van der Waals surface area contributed by atoms with Crippen LogP contribution in [0, 0.1) is 0 Å². The SMILES string of the molecule is CCOC(=O)c1c(NC(=O)c2ccc(C(=O)c3ccccc3)cc2)sc2c1CCN(Cc1ccccc1)C2. The normalized spacial score (nSPS) is 13.0. The van der Waals surface area contributed by atoms with Crippen LogP contribution in [-0.4, -0.2) is 35.7 Å². The maximum Gasteiger partial charge on any atom is 0.341 e. The summed E-state index contributed by atoms with van der Waals surface area (Å²) in [7, 11) is 0. The predicted octanol–water partition coefficient (Wildman–Crippen LogP) is 5.97. The highest BCUT2D eigenvalue weighted by Gasteiger charge is 2.29. The van der Waals surface area contributed by atoms with Crippen molar-refractivity contribution in [1.29, 1.82) is 0 Å². The number of carbonyl (C=O) groups excluding carboxylic acids is 3. The van der Waals surface area contributed by atoms with Crippen LogP contribution in [0.1, 0.15) is 59.6 Å². The van der Waals surface area contributed by atoms with Crippen LogP contribution in [0.2, 0.25) is 0 Å². The Hall–Kier alpha value is -4.07. The molecule has 0 fully saturated rings. The number of fused-ring (bicyclic) bond motifs is 1. The molecule has 1 amide bonds. The number of anilines is 1. The fraction of sp³-hybridized carbons (Fsp3) is 0.194. The number of esters is 1. The summed E-state index contributed by atoms with van der Waals surface area (Å²) in [5.74, 6) is -0.859. The Kier molecular flexibility index (Phi) is 7.77. The predicted molar refractivity (Wildman–Crippen MR) is 149 cm³/mol. The van der Waals surface area contributed by atoms with Crippen LogP contribution in [0.25, 0.3) is 0 Å². The van der Waals surface area contributed by atoms with Gasteiger partial charge in [0.25, 0.3) is 5.91 Å². The van der Waals surface area contributed by atoms with Crippen molar-refractivity contribution in [3.05, 3.63) is 123 Å². The molecule has 2 heterocycles. The molecule has 1 aliphatic rings. The Morgan fingerprint density at radius 1 is 0.868 bits per heavy atom. The summed E-state index contributed by atoms with van der Waals surface area (Å²) in [6, 6.07) is 25.9. The van der Waals surface area contributed by atoms with Crippen molar-refractivity contribution in [2.24, 2.45) is 0 Å². The lowest BCUT2D eigenvalue weighted by atomic mass is 10.0. The first-order valence-electron chi connectivity index (χ1n) is 12.6. The summed E-state index contributed by atoms with van der Waals surface area (Å²) >= 11 is 1.43. The lowest BCUT2D eigenvalue weighted by molar-refractivity contribution is 0.0526. The molecule has 0 atom stereocenters. The number of amides is 1. The Bertz CT molecular complexity index is 1450. The van der Waals surface area contributed by atoms with Crippen molar-refractivity contribution in [1.82, 2.24) is 4.90 Å². The number of ketones is 1. The van der Waals surface area contributed by atoms with Crippen LogP contribution in [-0.2, 0) is 24.2 Å². The van der Waals surface area contributed by atoms with E-state index < -0.39 is 5.97 Å². The first-order valence-corrected chi connectivity index (χ1v) is 13.4. The lowest BCUT2D eigenvalue weighted by Crippen LogP contribution is -2.29. The minimum atomic E-state index is -0.416. The standard InChI is InChI=1S/C31H28N2O4S/c1-2-37-31(36)27-25-17-18-33(19-21-9-5-3-6-10-21)20-26(25)38-30(27)32-29(35)24-15-13-23(14-16-24)28(34)22-11-7-4-8-12-22/h3-16H,2,17-20H2,1H3,(H,32,35). The molecule has 0 saturated heterocycles. The Balaban J connectivity index is 1.35. The zero-order chi connectivity index (χ0) is 26.5.